The molecule has 0 aliphatic carbocycles. The standard InChI is InChI=1S/C62H44N2/c1-5-19-46(20-6-1)48-23-17-29-54(42-48)63(52-25-9-3-10-26-52)56-39-38-50-41-45(35-37-51(50)44-56)36-40-59-57-31-13-15-33-60(57)62(61-34-16-14-32-58(59)61)64(53-27-11-4-12-28-53)55-30-18-24-49(43-55)47-21-7-2-8-22-47/h1-44H. The second kappa shape index (κ2) is 17.1. The van der Waals surface area contributed by atoms with Crippen LogP contribution in [0.4, 0.5) is 34.1 Å². The SMILES string of the molecule is C(=Cc1c2ccccc2c(N(c2ccccc2)c2cccc(-c3ccccc3)c2)c2ccccc12)c1ccc2cc(N(c3ccccc3)c3cccc(-c4ccccc4)c3)ccc2c1. The summed E-state index contributed by atoms with van der Waals surface area (Å²) in [7, 11) is 0. The zero-order valence-electron chi connectivity index (χ0n) is 35.3. The van der Waals surface area contributed by atoms with Gasteiger partial charge in [-0.05, 0) is 122 Å². The summed E-state index contributed by atoms with van der Waals surface area (Å²) in [6.45, 7) is 0. The van der Waals surface area contributed by atoms with Crippen LogP contribution in [-0.2, 0) is 0 Å². The van der Waals surface area contributed by atoms with Crippen LogP contribution < -0.4 is 9.80 Å². The normalized spacial score (nSPS) is 11.4. The summed E-state index contributed by atoms with van der Waals surface area (Å²) < 4.78 is 0. The minimum Gasteiger partial charge on any atom is -0.310 e. The summed E-state index contributed by atoms with van der Waals surface area (Å²) in [5.74, 6) is 0. The van der Waals surface area contributed by atoms with Crippen LogP contribution in [0.3, 0.4) is 0 Å². The van der Waals surface area contributed by atoms with E-state index in [-0.39, 0.29) is 0 Å². The third-order valence-electron chi connectivity index (χ3n) is 12.2. The molecule has 2 heteroatoms. The van der Waals surface area contributed by atoms with E-state index in [9.17, 15) is 0 Å². The average molecular weight is 817 g/mol. The Bertz CT molecular complexity index is 3380. The summed E-state index contributed by atoms with van der Waals surface area (Å²) in [5, 5.41) is 7.17. The Morgan fingerprint density at radius 3 is 1.22 bits per heavy atom. The van der Waals surface area contributed by atoms with Crippen molar-refractivity contribution in [1.82, 2.24) is 0 Å². The van der Waals surface area contributed by atoms with Gasteiger partial charge in [0.05, 0.1) is 5.69 Å². The topological polar surface area (TPSA) is 6.48 Å². The Hall–Kier alpha value is -8.46. The van der Waals surface area contributed by atoms with Gasteiger partial charge < -0.3 is 9.80 Å². The Balaban J connectivity index is 0.989. The van der Waals surface area contributed by atoms with Crippen LogP contribution in [0.15, 0.2) is 255 Å². The van der Waals surface area contributed by atoms with E-state index in [1.165, 1.54) is 60.1 Å². The molecule has 64 heavy (non-hydrogen) atoms. The van der Waals surface area contributed by atoms with Gasteiger partial charge in [0.15, 0.2) is 0 Å². The van der Waals surface area contributed by atoms with E-state index in [1.54, 1.807) is 0 Å². The molecule has 0 radical (unpaired) electrons. The molecule has 0 bridgehead atoms. The summed E-state index contributed by atoms with van der Waals surface area (Å²) >= 11 is 0. The number of anilines is 6. The van der Waals surface area contributed by atoms with Crippen LogP contribution in [0.1, 0.15) is 11.1 Å². The van der Waals surface area contributed by atoms with Gasteiger partial charge in [-0.15, -0.1) is 0 Å². The first-order chi connectivity index (χ1) is 31.7. The molecule has 11 rings (SSSR count). The molecular weight excluding hydrogens is 773 g/mol. The van der Waals surface area contributed by atoms with Crippen LogP contribution in [0.2, 0.25) is 0 Å². The fraction of sp³-hybridized carbons (Fsp3) is 0. The lowest BCUT2D eigenvalue weighted by Gasteiger charge is -2.29. The van der Waals surface area contributed by atoms with E-state index in [1.807, 2.05) is 0 Å². The van der Waals surface area contributed by atoms with E-state index < -0.39 is 0 Å². The van der Waals surface area contributed by atoms with Gasteiger partial charge >= 0.3 is 0 Å². The van der Waals surface area contributed by atoms with Gasteiger partial charge in [0.25, 0.3) is 0 Å². The summed E-state index contributed by atoms with van der Waals surface area (Å²) in [4.78, 5) is 4.78. The van der Waals surface area contributed by atoms with Crippen molar-refractivity contribution >= 4 is 78.6 Å². The molecular formula is C62H44N2. The zero-order chi connectivity index (χ0) is 42.7. The predicted molar refractivity (Wildman–Crippen MR) is 275 cm³/mol. The molecule has 0 N–H and O–H groups in total. The molecule has 11 aromatic rings. The van der Waals surface area contributed by atoms with Crippen molar-refractivity contribution in [1.29, 1.82) is 0 Å². The number of rotatable bonds is 10. The maximum absolute atomic E-state index is 2.43. The van der Waals surface area contributed by atoms with E-state index in [4.69, 9.17) is 0 Å². The second-order valence-corrected chi connectivity index (χ2v) is 16.2. The molecule has 0 atom stereocenters. The Morgan fingerprint density at radius 1 is 0.250 bits per heavy atom. The van der Waals surface area contributed by atoms with Gasteiger partial charge in [0.1, 0.15) is 0 Å². The Labute approximate surface area is 374 Å². The number of para-hydroxylation sites is 2. The van der Waals surface area contributed by atoms with Crippen LogP contribution in [0.25, 0.3) is 66.7 Å². The Morgan fingerprint density at radius 2 is 0.656 bits per heavy atom. The van der Waals surface area contributed by atoms with Crippen LogP contribution in [-0.4, -0.2) is 0 Å². The van der Waals surface area contributed by atoms with Crippen molar-refractivity contribution < 1.29 is 0 Å². The minimum atomic E-state index is 1.11. The average Bonchev–Trinajstić information content (AvgIpc) is 3.37. The lowest BCUT2D eigenvalue weighted by molar-refractivity contribution is 1.29. The molecule has 0 saturated heterocycles. The predicted octanol–water partition coefficient (Wildman–Crippen LogP) is 17.6. The number of hydrogen-bond donors (Lipinski definition) is 0. The largest absolute Gasteiger partial charge is 0.310 e. The summed E-state index contributed by atoms with van der Waals surface area (Å²) in [5.41, 5.74) is 13.8. The molecule has 0 unspecified atom stereocenters. The van der Waals surface area contributed by atoms with Gasteiger partial charge in [-0.3, -0.25) is 0 Å². The van der Waals surface area contributed by atoms with Crippen LogP contribution >= 0.6 is 0 Å². The molecule has 0 fully saturated rings. The molecule has 0 spiro atoms. The van der Waals surface area contributed by atoms with Gasteiger partial charge in [-0.2, -0.15) is 0 Å². The fourth-order valence-electron chi connectivity index (χ4n) is 9.15. The van der Waals surface area contributed by atoms with Crippen LogP contribution in [0.5, 0.6) is 0 Å². The fourth-order valence-corrected chi connectivity index (χ4v) is 9.15. The minimum absolute atomic E-state index is 1.11. The van der Waals surface area contributed by atoms with E-state index >= 15 is 0 Å². The molecule has 0 heterocycles. The molecule has 0 aliphatic heterocycles. The van der Waals surface area contributed by atoms with Crippen molar-refractivity contribution in [3.8, 4) is 22.3 Å². The smallest absolute Gasteiger partial charge is 0.0618 e. The van der Waals surface area contributed by atoms with Crippen molar-refractivity contribution in [2.75, 3.05) is 9.80 Å². The van der Waals surface area contributed by atoms with Gasteiger partial charge in [-0.25, -0.2) is 0 Å². The quantitative estimate of drug-likeness (QED) is 0.100. The maximum Gasteiger partial charge on any atom is 0.0618 e. The number of fused-ring (bicyclic) bond motifs is 3. The Kier molecular flexibility index (Phi) is 10.3. The first-order valence-corrected chi connectivity index (χ1v) is 21.9. The maximum atomic E-state index is 2.43. The third-order valence-corrected chi connectivity index (χ3v) is 12.2. The molecule has 0 aromatic heterocycles. The molecule has 0 aliphatic rings. The molecule has 2 nitrogen and oxygen atoms in total. The van der Waals surface area contributed by atoms with Crippen molar-refractivity contribution in [2.24, 2.45) is 0 Å². The van der Waals surface area contributed by atoms with E-state index in [0.717, 1.165) is 39.7 Å². The molecule has 0 amide bonds. The van der Waals surface area contributed by atoms with Crippen molar-refractivity contribution in [2.45, 2.75) is 0 Å². The van der Waals surface area contributed by atoms with E-state index in [0.29, 0.717) is 0 Å². The lowest BCUT2D eigenvalue weighted by Crippen LogP contribution is -2.11. The van der Waals surface area contributed by atoms with Crippen molar-refractivity contribution in [3.05, 3.63) is 266 Å². The monoisotopic (exact) mass is 816 g/mol. The highest BCUT2D eigenvalue weighted by molar-refractivity contribution is 6.19. The van der Waals surface area contributed by atoms with E-state index in [2.05, 4.69) is 277 Å². The van der Waals surface area contributed by atoms with Gasteiger partial charge in [-0.1, -0.05) is 200 Å². The number of hydrogen-bond acceptors (Lipinski definition) is 2. The first kappa shape index (κ1) is 38.5. The molecule has 0 saturated carbocycles. The highest BCUT2D eigenvalue weighted by Gasteiger charge is 2.21. The summed E-state index contributed by atoms with van der Waals surface area (Å²) in [6.07, 6.45) is 4.58. The highest BCUT2D eigenvalue weighted by atomic mass is 15.1. The highest BCUT2D eigenvalue weighted by Crippen LogP contribution is 2.46. The first-order valence-electron chi connectivity index (χ1n) is 21.9. The van der Waals surface area contributed by atoms with Gasteiger partial charge in [0.2, 0.25) is 0 Å². The lowest BCUT2D eigenvalue weighted by atomic mass is 9.92. The summed E-state index contributed by atoms with van der Waals surface area (Å²) in [6, 6.07) is 91.6. The zero-order valence-corrected chi connectivity index (χ0v) is 35.3. The molecule has 302 valence electrons. The second-order valence-electron chi connectivity index (χ2n) is 16.2. The van der Waals surface area contributed by atoms with Gasteiger partial charge in [0, 0.05) is 39.2 Å². The molecule has 11 aromatic carbocycles. The van der Waals surface area contributed by atoms with Crippen LogP contribution in [0, 0.1) is 0 Å². The number of benzene rings is 11. The van der Waals surface area contributed by atoms with Crippen molar-refractivity contribution in [3.63, 3.8) is 0 Å². The third kappa shape index (κ3) is 7.48. The number of nitrogens with zero attached hydrogens (tertiary/aromatic N) is 2.